The smallest absolute Gasteiger partial charge is 0.253 e. The van der Waals surface area contributed by atoms with Gasteiger partial charge in [0, 0.05) is 41.1 Å². The molecular formula is C18H18Cl2N2O2S. The topological polar surface area (TPSA) is 49.4 Å². The molecule has 0 aliphatic rings. The minimum Gasteiger partial charge on any atom is -0.345 e. The first kappa shape index (κ1) is 19.6. The number of anilines is 1. The van der Waals surface area contributed by atoms with Crippen molar-refractivity contribution in [3.63, 3.8) is 0 Å². The van der Waals surface area contributed by atoms with E-state index in [1.54, 1.807) is 50.5 Å². The van der Waals surface area contributed by atoms with Crippen molar-refractivity contribution < 1.29 is 9.59 Å². The first-order valence-corrected chi connectivity index (χ1v) is 9.41. The maximum absolute atomic E-state index is 12.1. The number of nitrogens with zero attached hydrogens (tertiary/aromatic N) is 1. The van der Waals surface area contributed by atoms with Gasteiger partial charge in [0.25, 0.3) is 5.91 Å². The maximum atomic E-state index is 12.1. The quantitative estimate of drug-likeness (QED) is 0.777. The Morgan fingerprint density at radius 1 is 1.12 bits per heavy atom. The number of halogens is 2. The van der Waals surface area contributed by atoms with E-state index in [1.165, 1.54) is 16.7 Å². The summed E-state index contributed by atoms with van der Waals surface area (Å²) in [7, 11) is 3.37. The first-order valence-electron chi connectivity index (χ1n) is 7.50. The van der Waals surface area contributed by atoms with Gasteiger partial charge in [-0.25, -0.2) is 0 Å². The number of amides is 2. The monoisotopic (exact) mass is 396 g/mol. The fourth-order valence-corrected chi connectivity index (χ4v) is 3.46. The molecule has 0 bridgehead atoms. The molecule has 0 aliphatic carbocycles. The summed E-state index contributed by atoms with van der Waals surface area (Å²) in [6.07, 6.45) is 0. The molecule has 0 saturated carbocycles. The Bertz CT molecular complexity index is 781. The highest BCUT2D eigenvalue weighted by molar-refractivity contribution is 7.99. The zero-order valence-corrected chi connectivity index (χ0v) is 16.2. The van der Waals surface area contributed by atoms with Crippen LogP contribution in [0.5, 0.6) is 0 Å². The van der Waals surface area contributed by atoms with Gasteiger partial charge in [-0.1, -0.05) is 35.3 Å². The molecule has 0 radical (unpaired) electrons. The second-order valence-electron chi connectivity index (χ2n) is 5.56. The van der Waals surface area contributed by atoms with E-state index in [1.807, 2.05) is 6.07 Å². The summed E-state index contributed by atoms with van der Waals surface area (Å²) in [5.41, 5.74) is 2.06. The van der Waals surface area contributed by atoms with Crippen molar-refractivity contribution in [3.8, 4) is 0 Å². The van der Waals surface area contributed by atoms with E-state index in [0.29, 0.717) is 27.0 Å². The standard InChI is InChI=1S/C18H18Cl2N2O2S/c1-22(2)18(24)12-4-3-5-15(8-12)21-17(23)11-25-10-13-6-7-14(19)9-16(13)20/h3-9H,10-11H2,1-2H3,(H,21,23). The molecule has 1 N–H and O–H groups in total. The number of hydrogen-bond donors (Lipinski definition) is 1. The van der Waals surface area contributed by atoms with Crippen molar-refractivity contribution >= 4 is 52.5 Å². The van der Waals surface area contributed by atoms with E-state index in [9.17, 15) is 9.59 Å². The van der Waals surface area contributed by atoms with Crippen LogP contribution in [0, 0.1) is 0 Å². The van der Waals surface area contributed by atoms with E-state index in [2.05, 4.69) is 5.32 Å². The molecule has 25 heavy (non-hydrogen) atoms. The van der Waals surface area contributed by atoms with Gasteiger partial charge < -0.3 is 10.2 Å². The first-order chi connectivity index (χ1) is 11.9. The van der Waals surface area contributed by atoms with Gasteiger partial charge in [-0.2, -0.15) is 0 Å². The molecule has 2 aromatic carbocycles. The van der Waals surface area contributed by atoms with Crippen molar-refractivity contribution in [2.24, 2.45) is 0 Å². The van der Waals surface area contributed by atoms with Gasteiger partial charge >= 0.3 is 0 Å². The molecule has 0 aliphatic heterocycles. The Morgan fingerprint density at radius 3 is 2.56 bits per heavy atom. The lowest BCUT2D eigenvalue weighted by atomic mass is 10.2. The third-order valence-corrected chi connectivity index (χ3v) is 4.87. The highest BCUT2D eigenvalue weighted by Crippen LogP contribution is 2.24. The molecule has 0 unspecified atom stereocenters. The molecule has 7 heteroatoms. The Labute approximate surface area is 161 Å². The van der Waals surface area contributed by atoms with Crippen molar-refractivity contribution in [1.82, 2.24) is 4.90 Å². The number of carbonyl (C=O) groups excluding carboxylic acids is 2. The van der Waals surface area contributed by atoms with E-state index < -0.39 is 0 Å². The van der Waals surface area contributed by atoms with Gasteiger partial charge in [-0.3, -0.25) is 9.59 Å². The van der Waals surface area contributed by atoms with Crippen molar-refractivity contribution in [2.45, 2.75) is 5.75 Å². The molecule has 2 rings (SSSR count). The average Bonchev–Trinajstić information content (AvgIpc) is 2.56. The largest absolute Gasteiger partial charge is 0.345 e. The molecule has 0 fully saturated rings. The molecule has 0 saturated heterocycles. The SMILES string of the molecule is CN(C)C(=O)c1cccc(NC(=O)CSCc2ccc(Cl)cc2Cl)c1. The summed E-state index contributed by atoms with van der Waals surface area (Å²) in [6.45, 7) is 0. The van der Waals surface area contributed by atoms with Crippen LogP contribution in [0.15, 0.2) is 42.5 Å². The Balaban J connectivity index is 1.88. The van der Waals surface area contributed by atoms with Crippen LogP contribution in [0.4, 0.5) is 5.69 Å². The molecule has 2 amide bonds. The summed E-state index contributed by atoms with van der Waals surface area (Å²) in [5.74, 6) is 0.653. The van der Waals surface area contributed by atoms with Crippen LogP contribution in [-0.2, 0) is 10.5 Å². The van der Waals surface area contributed by atoms with E-state index in [-0.39, 0.29) is 17.6 Å². The zero-order chi connectivity index (χ0) is 18.4. The van der Waals surface area contributed by atoms with Crippen molar-refractivity contribution in [3.05, 3.63) is 63.6 Å². The minimum atomic E-state index is -0.135. The van der Waals surface area contributed by atoms with Gasteiger partial charge in [0.1, 0.15) is 0 Å². The van der Waals surface area contributed by atoms with E-state index in [4.69, 9.17) is 23.2 Å². The van der Waals surface area contributed by atoms with Gasteiger partial charge in [-0.15, -0.1) is 11.8 Å². The summed E-state index contributed by atoms with van der Waals surface area (Å²) in [4.78, 5) is 25.5. The number of nitrogens with one attached hydrogen (secondary N) is 1. The lowest BCUT2D eigenvalue weighted by Crippen LogP contribution is -2.22. The fraction of sp³-hybridized carbons (Fsp3) is 0.222. The van der Waals surface area contributed by atoms with Crippen LogP contribution in [0.25, 0.3) is 0 Å². The molecule has 4 nitrogen and oxygen atoms in total. The minimum absolute atomic E-state index is 0.108. The van der Waals surface area contributed by atoms with Crippen LogP contribution in [0.2, 0.25) is 10.0 Å². The van der Waals surface area contributed by atoms with Crippen LogP contribution in [0.3, 0.4) is 0 Å². The van der Waals surface area contributed by atoms with Gasteiger partial charge in [0.15, 0.2) is 0 Å². The molecule has 0 heterocycles. The van der Waals surface area contributed by atoms with E-state index in [0.717, 1.165) is 5.56 Å². The summed E-state index contributed by atoms with van der Waals surface area (Å²) in [5, 5.41) is 3.98. The predicted molar refractivity (Wildman–Crippen MR) is 106 cm³/mol. The number of benzene rings is 2. The number of carbonyl (C=O) groups is 2. The predicted octanol–water partition coefficient (Wildman–Crippen LogP) is 4.57. The average molecular weight is 397 g/mol. The Hall–Kier alpha value is -1.69. The summed E-state index contributed by atoms with van der Waals surface area (Å²) >= 11 is 13.4. The van der Waals surface area contributed by atoms with Gasteiger partial charge in [0.05, 0.1) is 5.75 Å². The number of rotatable bonds is 6. The van der Waals surface area contributed by atoms with Crippen molar-refractivity contribution in [1.29, 1.82) is 0 Å². The normalized spacial score (nSPS) is 10.4. The molecule has 2 aromatic rings. The molecular weight excluding hydrogens is 379 g/mol. The van der Waals surface area contributed by atoms with Crippen LogP contribution in [-0.4, -0.2) is 36.6 Å². The van der Waals surface area contributed by atoms with Gasteiger partial charge in [-0.05, 0) is 35.9 Å². The zero-order valence-electron chi connectivity index (χ0n) is 13.9. The Kier molecular flexibility index (Phi) is 7.17. The Morgan fingerprint density at radius 2 is 1.88 bits per heavy atom. The van der Waals surface area contributed by atoms with Crippen LogP contribution < -0.4 is 5.32 Å². The maximum Gasteiger partial charge on any atom is 0.253 e. The lowest BCUT2D eigenvalue weighted by molar-refractivity contribution is -0.113. The second-order valence-corrected chi connectivity index (χ2v) is 7.39. The molecule has 132 valence electrons. The molecule has 0 spiro atoms. The van der Waals surface area contributed by atoms with Crippen molar-refractivity contribution in [2.75, 3.05) is 25.2 Å². The highest BCUT2D eigenvalue weighted by Gasteiger charge is 2.10. The molecule has 0 atom stereocenters. The third-order valence-electron chi connectivity index (χ3n) is 3.31. The van der Waals surface area contributed by atoms with Crippen LogP contribution >= 0.6 is 35.0 Å². The third kappa shape index (κ3) is 5.96. The van der Waals surface area contributed by atoms with Crippen LogP contribution in [0.1, 0.15) is 15.9 Å². The number of thioether (sulfide) groups is 1. The van der Waals surface area contributed by atoms with Gasteiger partial charge in [0.2, 0.25) is 5.91 Å². The highest BCUT2D eigenvalue weighted by atomic mass is 35.5. The number of hydrogen-bond acceptors (Lipinski definition) is 3. The fourth-order valence-electron chi connectivity index (χ4n) is 2.08. The lowest BCUT2D eigenvalue weighted by Gasteiger charge is -2.11. The second kappa shape index (κ2) is 9.13. The molecule has 0 aromatic heterocycles. The summed E-state index contributed by atoms with van der Waals surface area (Å²) in [6, 6.07) is 12.2. The van der Waals surface area contributed by atoms with E-state index >= 15 is 0 Å². The summed E-state index contributed by atoms with van der Waals surface area (Å²) < 4.78 is 0.